The summed E-state index contributed by atoms with van der Waals surface area (Å²) in [7, 11) is 0. The summed E-state index contributed by atoms with van der Waals surface area (Å²) in [5.41, 5.74) is 2.62. The number of hydrogen-bond donors (Lipinski definition) is 1. The first kappa shape index (κ1) is 19.9. The molecule has 0 bridgehead atoms. The monoisotopic (exact) mass is 376 g/mol. The van der Waals surface area contributed by atoms with Crippen molar-refractivity contribution in [3.63, 3.8) is 0 Å². The Morgan fingerprint density at radius 3 is 2.21 bits per heavy atom. The molecule has 0 aromatic heterocycles. The van der Waals surface area contributed by atoms with Crippen LogP contribution in [0.1, 0.15) is 37.8 Å². The molecular weight excluding hydrogens is 348 g/mol. The van der Waals surface area contributed by atoms with Gasteiger partial charge in [0.2, 0.25) is 11.8 Å². The smallest absolute Gasteiger partial charge is 0.231 e. The molecule has 2 aromatic rings. The van der Waals surface area contributed by atoms with Gasteiger partial charge in [0.25, 0.3) is 0 Å². The Labute approximate surface area is 167 Å². The molecule has 4 heteroatoms. The second-order valence-electron chi connectivity index (χ2n) is 7.93. The summed E-state index contributed by atoms with van der Waals surface area (Å²) in [4.78, 5) is 27.1. The lowest BCUT2D eigenvalue weighted by Crippen LogP contribution is -2.29. The quantitative estimate of drug-likeness (QED) is 0.784. The summed E-state index contributed by atoms with van der Waals surface area (Å²) in [5.74, 6) is -0.194. The number of likely N-dealkylation sites (tertiary alicyclic amines) is 1. The maximum atomic E-state index is 13.1. The van der Waals surface area contributed by atoms with Crippen molar-refractivity contribution in [1.82, 2.24) is 10.2 Å². The van der Waals surface area contributed by atoms with Crippen LogP contribution in [0.15, 0.2) is 72.9 Å². The first-order chi connectivity index (χ1) is 13.4. The summed E-state index contributed by atoms with van der Waals surface area (Å²) >= 11 is 0. The van der Waals surface area contributed by atoms with Gasteiger partial charge in [0, 0.05) is 30.0 Å². The van der Waals surface area contributed by atoms with E-state index in [9.17, 15) is 9.59 Å². The van der Waals surface area contributed by atoms with Crippen LogP contribution in [-0.4, -0.2) is 16.7 Å². The van der Waals surface area contributed by atoms with Gasteiger partial charge in [-0.05, 0) is 17.5 Å². The third-order valence-corrected chi connectivity index (χ3v) is 5.68. The highest BCUT2D eigenvalue weighted by Gasteiger charge is 2.48. The Bertz CT molecular complexity index is 843. The van der Waals surface area contributed by atoms with E-state index in [4.69, 9.17) is 0 Å². The summed E-state index contributed by atoms with van der Waals surface area (Å²) in [5, 5.41) is 2.94. The van der Waals surface area contributed by atoms with Gasteiger partial charge >= 0.3 is 0 Å². The van der Waals surface area contributed by atoms with Crippen molar-refractivity contribution < 1.29 is 9.59 Å². The molecule has 0 aliphatic carbocycles. The van der Waals surface area contributed by atoms with Crippen LogP contribution in [0, 0.1) is 11.3 Å². The van der Waals surface area contributed by atoms with Gasteiger partial charge in [-0.2, -0.15) is 0 Å². The molecule has 28 heavy (non-hydrogen) atoms. The minimum atomic E-state index is -0.356. The van der Waals surface area contributed by atoms with Crippen molar-refractivity contribution in [2.75, 3.05) is 0 Å². The van der Waals surface area contributed by atoms with Crippen LogP contribution in [0.25, 0.3) is 0 Å². The molecule has 2 aromatic carbocycles. The fourth-order valence-electron chi connectivity index (χ4n) is 3.76. The minimum absolute atomic E-state index is 0.0282. The number of benzene rings is 2. The fourth-order valence-corrected chi connectivity index (χ4v) is 3.76. The molecule has 2 amide bonds. The molecule has 1 fully saturated rings. The first-order valence-corrected chi connectivity index (χ1v) is 9.75. The average Bonchev–Trinajstić information content (AvgIpc) is 2.86. The Balaban J connectivity index is 1.59. The summed E-state index contributed by atoms with van der Waals surface area (Å²) in [6.07, 6.45) is 0.857. The zero-order valence-electron chi connectivity index (χ0n) is 16.7. The van der Waals surface area contributed by atoms with E-state index < -0.39 is 0 Å². The maximum absolute atomic E-state index is 13.1. The van der Waals surface area contributed by atoms with Crippen molar-refractivity contribution in [3.05, 3.63) is 84.1 Å². The van der Waals surface area contributed by atoms with Crippen LogP contribution in [0.2, 0.25) is 0 Å². The van der Waals surface area contributed by atoms with Crippen LogP contribution in [-0.2, 0) is 22.7 Å². The van der Waals surface area contributed by atoms with E-state index in [0.29, 0.717) is 25.9 Å². The highest BCUT2D eigenvalue weighted by atomic mass is 16.2. The highest BCUT2D eigenvalue weighted by molar-refractivity contribution is 5.86. The van der Waals surface area contributed by atoms with E-state index in [1.54, 1.807) is 4.90 Å². The number of nitrogens with zero attached hydrogens (tertiary/aromatic N) is 1. The molecule has 0 radical (unpaired) electrons. The highest BCUT2D eigenvalue weighted by Crippen LogP contribution is 2.46. The average molecular weight is 377 g/mol. The molecule has 1 heterocycles. The van der Waals surface area contributed by atoms with Gasteiger partial charge in [-0.1, -0.05) is 81.1 Å². The number of rotatable bonds is 7. The van der Waals surface area contributed by atoms with Crippen molar-refractivity contribution in [2.45, 2.75) is 39.8 Å². The standard InChI is InChI=1S/C24H28N2O2/c1-18-24(2,3)21(23(28)26(18)17-20-12-8-5-9-13-20)14-15-22(27)25-16-19-10-6-4-7-11-19/h4-13,21H,1,14-17H2,2-3H3,(H,25,27). The van der Waals surface area contributed by atoms with E-state index >= 15 is 0 Å². The molecule has 4 nitrogen and oxygen atoms in total. The number of amides is 2. The van der Waals surface area contributed by atoms with Gasteiger partial charge < -0.3 is 10.2 Å². The first-order valence-electron chi connectivity index (χ1n) is 9.75. The van der Waals surface area contributed by atoms with Crippen LogP contribution in [0.3, 0.4) is 0 Å². The van der Waals surface area contributed by atoms with Gasteiger partial charge in [-0.15, -0.1) is 0 Å². The number of nitrogens with one attached hydrogen (secondary N) is 1. The fraction of sp³-hybridized carbons (Fsp3) is 0.333. The molecule has 146 valence electrons. The van der Waals surface area contributed by atoms with Gasteiger partial charge in [0.05, 0.1) is 6.54 Å². The van der Waals surface area contributed by atoms with Crippen LogP contribution in [0.4, 0.5) is 0 Å². The van der Waals surface area contributed by atoms with E-state index in [1.807, 2.05) is 74.5 Å². The molecule has 1 aliphatic heterocycles. The van der Waals surface area contributed by atoms with Crippen LogP contribution in [0.5, 0.6) is 0 Å². The predicted octanol–water partition coefficient (Wildman–Crippen LogP) is 4.28. The van der Waals surface area contributed by atoms with Crippen LogP contribution >= 0.6 is 0 Å². The molecule has 1 unspecified atom stereocenters. The predicted molar refractivity (Wildman–Crippen MR) is 111 cm³/mol. The lowest BCUT2D eigenvalue weighted by atomic mass is 9.77. The number of hydrogen-bond acceptors (Lipinski definition) is 2. The van der Waals surface area contributed by atoms with E-state index in [1.165, 1.54) is 0 Å². The third-order valence-electron chi connectivity index (χ3n) is 5.68. The summed E-state index contributed by atoms with van der Waals surface area (Å²) in [6.45, 7) is 9.32. The minimum Gasteiger partial charge on any atom is -0.352 e. The summed E-state index contributed by atoms with van der Waals surface area (Å²) in [6, 6.07) is 19.7. The van der Waals surface area contributed by atoms with E-state index in [2.05, 4.69) is 11.9 Å². The van der Waals surface area contributed by atoms with Gasteiger partial charge in [0.1, 0.15) is 0 Å². The lowest BCUT2D eigenvalue weighted by Gasteiger charge is -2.26. The molecule has 1 aliphatic rings. The second kappa shape index (κ2) is 8.42. The maximum Gasteiger partial charge on any atom is 0.231 e. The Morgan fingerprint density at radius 2 is 1.61 bits per heavy atom. The second-order valence-corrected chi connectivity index (χ2v) is 7.93. The van der Waals surface area contributed by atoms with Gasteiger partial charge in [-0.3, -0.25) is 9.59 Å². The molecule has 1 N–H and O–H groups in total. The van der Waals surface area contributed by atoms with E-state index in [-0.39, 0.29) is 23.1 Å². The molecule has 1 saturated heterocycles. The Morgan fingerprint density at radius 1 is 1.04 bits per heavy atom. The van der Waals surface area contributed by atoms with Gasteiger partial charge in [0.15, 0.2) is 0 Å². The zero-order valence-corrected chi connectivity index (χ0v) is 16.7. The topological polar surface area (TPSA) is 49.4 Å². The van der Waals surface area contributed by atoms with Crippen molar-refractivity contribution in [2.24, 2.45) is 11.3 Å². The Kier molecular flexibility index (Phi) is 5.98. The molecule has 3 rings (SSSR count). The van der Waals surface area contributed by atoms with Crippen molar-refractivity contribution >= 4 is 11.8 Å². The van der Waals surface area contributed by atoms with Crippen molar-refractivity contribution in [3.8, 4) is 0 Å². The van der Waals surface area contributed by atoms with Crippen molar-refractivity contribution in [1.29, 1.82) is 0 Å². The normalized spacial score (nSPS) is 18.4. The van der Waals surface area contributed by atoms with Crippen LogP contribution < -0.4 is 5.32 Å². The number of carbonyl (C=O) groups excluding carboxylic acids is 2. The zero-order chi connectivity index (χ0) is 20.1. The van der Waals surface area contributed by atoms with Gasteiger partial charge in [-0.25, -0.2) is 0 Å². The Hall–Kier alpha value is -2.88. The summed E-state index contributed by atoms with van der Waals surface area (Å²) < 4.78 is 0. The number of allylic oxidation sites excluding steroid dienone is 1. The molecule has 0 spiro atoms. The molecule has 1 atom stereocenters. The molecule has 0 saturated carbocycles. The largest absolute Gasteiger partial charge is 0.352 e. The third kappa shape index (κ3) is 4.33. The molecular formula is C24H28N2O2. The lowest BCUT2D eigenvalue weighted by molar-refractivity contribution is -0.131. The number of carbonyl (C=O) groups is 2. The SMILES string of the molecule is C=C1N(Cc2ccccc2)C(=O)C(CCC(=O)NCc2ccccc2)C1(C)C. The van der Waals surface area contributed by atoms with E-state index in [0.717, 1.165) is 16.8 Å².